The van der Waals surface area contributed by atoms with Crippen LogP contribution in [0, 0.1) is 20.8 Å². The number of ether oxygens (including phenoxy) is 3. The van der Waals surface area contributed by atoms with E-state index in [1.165, 1.54) is 0 Å². The average Bonchev–Trinajstić information content (AvgIpc) is 2.57. The molecule has 2 rings (SSSR count). The number of allylic oxidation sites excluding steroid dienone is 1. The Hall–Kier alpha value is -2.75. The zero-order valence-corrected chi connectivity index (χ0v) is 15.6. The van der Waals surface area contributed by atoms with Crippen molar-refractivity contribution in [1.29, 1.82) is 0 Å². The summed E-state index contributed by atoms with van der Waals surface area (Å²) in [5.74, 6) is 1.61. The van der Waals surface area contributed by atoms with Gasteiger partial charge >= 0.3 is 0 Å². The Bertz CT molecular complexity index is 771. The number of ketones is 1. The smallest absolute Gasteiger partial charge is 0.203 e. The lowest BCUT2D eigenvalue weighted by Gasteiger charge is -2.13. The first-order valence-electron chi connectivity index (χ1n) is 8.01. The summed E-state index contributed by atoms with van der Waals surface area (Å²) in [5.41, 5.74) is 4.66. The van der Waals surface area contributed by atoms with Crippen LogP contribution in [0.3, 0.4) is 0 Å². The molecule has 0 N–H and O–H groups in total. The highest BCUT2D eigenvalue weighted by Gasteiger charge is 2.13. The van der Waals surface area contributed by atoms with Crippen molar-refractivity contribution in [1.82, 2.24) is 0 Å². The van der Waals surface area contributed by atoms with Gasteiger partial charge in [0.2, 0.25) is 5.75 Å². The van der Waals surface area contributed by atoms with Gasteiger partial charge in [0.25, 0.3) is 0 Å². The van der Waals surface area contributed by atoms with Crippen LogP contribution in [0.5, 0.6) is 17.2 Å². The third-order valence-electron chi connectivity index (χ3n) is 4.04. The van der Waals surface area contributed by atoms with E-state index >= 15 is 0 Å². The normalized spacial score (nSPS) is 10.8. The molecule has 0 aliphatic heterocycles. The molecule has 0 aromatic heterocycles. The van der Waals surface area contributed by atoms with Gasteiger partial charge in [-0.15, -0.1) is 0 Å². The van der Waals surface area contributed by atoms with Crippen LogP contribution < -0.4 is 14.2 Å². The molecule has 0 fully saturated rings. The van der Waals surface area contributed by atoms with Crippen molar-refractivity contribution in [2.45, 2.75) is 20.8 Å². The van der Waals surface area contributed by atoms with Crippen LogP contribution in [0.1, 0.15) is 32.6 Å². The maximum absolute atomic E-state index is 12.6. The minimum atomic E-state index is -0.0243. The van der Waals surface area contributed by atoms with Crippen molar-refractivity contribution in [3.8, 4) is 17.2 Å². The third-order valence-corrected chi connectivity index (χ3v) is 4.04. The van der Waals surface area contributed by atoms with Gasteiger partial charge in [-0.05, 0) is 55.7 Å². The molecule has 132 valence electrons. The molecule has 4 nitrogen and oxygen atoms in total. The van der Waals surface area contributed by atoms with Crippen LogP contribution in [-0.4, -0.2) is 27.1 Å². The van der Waals surface area contributed by atoms with Gasteiger partial charge in [-0.3, -0.25) is 4.79 Å². The minimum Gasteiger partial charge on any atom is -0.493 e. The number of hydrogen-bond donors (Lipinski definition) is 0. The van der Waals surface area contributed by atoms with Crippen molar-refractivity contribution in [2.24, 2.45) is 0 Å². The van der Waals surface area contributed by atoms with Gasteiger partial charge in [-0.25, -0.2) is 0 Å². The van der Waals surface area contributed by atoms with Crippen LogP contribution in [0.15, 0.2) is 30.3 Å². The van der Waals surface area contributed by atoms with E-state index in [9.17, 15) is 4.79 Å². The summed E-state index contributed by atoms with van der Waals surface area (Å²) in [6.45, 7) is 5.95. The summed E-state index contributed by atoms with van der Waals surface area (Å²) in [4.78, 5) is 12.6. The zero-order chi connectivity index (χ0) is 18.6. The Kier molecular flexibility index (Phi) is 5.86. The minimum absolute atomic E-state index is 0.0243. The quantitative estimate of drug-likeness (QED) is 0.572. The van der Waals surface area contributed by atoms with Gasteiger partial charge in [-0.1, -0.05) is 23.8 Å². The van der Waals surface area contributed by atoms with E-state index < -0.39 is 0 Å². The fourth-order valence-corrected chi connectivity index (χ4v) is 3.02. The summed E-state index contributed by atoms with van der Waals surface area (Å²) in [7, 11) is 4.69. The van der Waals surface area contributed by atoms with Crippen LogP contribution in [0.2, 0.25) is 0 Å². The van der Waals surface area contributed by atoms with Crippen LogP contribution in [0.4, 0.5) is 0 Å². The van der Waals surface area contributed by atoms with Gasteiger partial charge in [0.05, 0.1) is 21.3 Å². The fraction of sp³-hybridized carbons (Fsp3) is 0.286. The van der Waals surface area contributed by atoms with Crippen molar-refractivity contribution in [3.63, 3.8) is 0 Å². The molecule has 0 aliphatic carbocycles. The highest BCUT2D eigenvalue weighted by Crippen LogP contribution is 2.38. The van der Waals surface area contributed by atoms with E-state index in [0.717, 1.165) is 27.8 Å². The second-order valence-corrected chi connectivity index (χ2v) is 5.93. The van der Waals surface area contributed by atoms with E-state index in [1.807, 2.05) is 32.9 Å². The third kappa shape index (κ3) is 4.02. The zero-order valence-electron chi connectivity index (χ0n) is 15.6. The molecular weight excluding hydrogens is 316 g/mol. The molecule has 0 radical (unpaired) electrons. The van der Waals surface area contributed by atoms with Crippen LogP contribution in [-0.2, 0) is 0 Å². The maximum atomic E-state index is 12.6. The number of aryl methyl sites for hydroxylation is 3. The SMILES string of the molecule is COc1cc(/C=C/C(=O)c2c(C)cc(C)cc2C)cc(OC)c1OC. The number of carbonyl (C=O) groups is 1. The predicted molar refractivity (Wildman–Crippen MR) is 100 cm³/mol. The van der Waals surface area contributed by atoms with Crippen molar-refractivity contribution in [3.05, 3.63) is 58.2 Å². The lowest BCUT2D eigenvalue weighted by Crippen LogP contribution is -2.02. The van der Waals surface area contributed by atoms with E-state index in [1.54, 1.807) is 45.6 Å². The summed E-state index contributed by atoms with van der Waals surface area (Å²) >= 11 is 0. The number of hydrogen-bond acceptors (Lipinski definition) is 4. The van der Waals surface area contributed by atoms with Gasteiger partial charge in [-0.2, -0.15) is 0 Å². The largest absolute Gasteiger partial charge is 0.493 e. The first-order chi connectivity index (χ1) is 11.9. The highest BCUT2D eigenvalue weighted by molar-refractivity contribution is 6.08. The molecule has 25 heavy (non-hydrogen) atoms. The first-order valence-corrected chi connectivity index (χ1v) is 8.01. The van der Waals surface area contributed by atoms with Crippen molar-refractivity contribution < 1.29 is 19.0 Å². The Balaban J connectivity index is 2.38. The Morgan fingerprint density at radius 2 is 1.36 bits per heavy atom. The first kappa shape index (κ1) is 18.6. The molecule has 0 amide bonds. The molecule has 0 spiro atoms. The Morgan fingerprint density at radius 1 is 0.840 bits per heavy atom. The summed E-state index contributed by atoms with van der Waals surface area (Å²) in [6.07, 6.45) is 3.33. The summed E-state index contributed by atoms with van der Waals surface area (Å²) in [5, 5.41) is 0. The molecule has 0 aliphatic rings. The van der Waals surface area contributed by atoms with Gasteiger partial charge in [0.15, 0.2) is 17.3 Å². The van der Waals surface area contributed by atoms with E-state index in [-0.39, 0.29) is 5.78 Å². The summed E-state index contributed by atoms with van der Waals surface area (Å²) < 4.78 is 16.0. The standard InChI is InChI=1S/C21H24O4/c1-13-9-14(2)20(15(3)10-13)17(22)8-7-16-11-18(23-4)21(25-6)19(12-16)24-5/h7-12H,1-6H3/b8-7+. The van der Waals surface area contributed by atoms with E-state index in [2.05, 4.69) is 0 Å². The van der Waals surface area contributed by atoms with E-state index in [0.29, 0.717) is 17.2 Å². The van der Waals surface area contributed by atoms with Gasteiger partial charge < -0.3 is 14.2 Å². The van der Waals surface area contributed by atoms with Crippen molar-refractivity contribution >= 4 is 11.9 Å². The number of methoxy groups -OCH3 is 3. The number of benzene rings is 2. The highest BCUT2D eigenvalue weighted by atomic mass is 16.5. The molecule has 2 aromatic rings. The Labute approximate surface area is 149 Å². The number of carbonyl (C=O) groups excluding carboxylic acids is 1. The monoisotopic (exact) mass is 340 g/mol. The van der Waals surface area contributed by atoms with E-state index in [4.69, 9.17) is 14.2 Å². The second kappa shape index (κ2) is 7.88. The molecule has 0 heterocycles. The fourth-order valence-electron chi connectivity index (χ4n) is 3.02. The van der Waals surface area contributed by atoms with Crippen LogP contribution in [0.25, 0.3) is 6.08 Å². The lowest BCUT2D eigenvalue weighted by atomic mass is 9.96. The maximum Gasteiger partial charge on any atom is 0.203 e. The van der Waals surface area contributed by atoms with Crippen LogP contribution >= 0.6 is 0 Å². The molecular formula is C21H24O4. The molecule has 0 saturated heterocycles. The topological polar surface area (TPSA) is 44.8 Å². The number of rotatable bonds is 6. The second-order valence-electron chi connectivity index (χ2n) is 5.93. The lowest BCUT2D eigenvalue weighted by molar-refractivity contribution is 0.104. The van der Waals surface area contributed by atoms with Gasteiger partial charge in [0, 0.05) is 5.56 Å². The average molecular weight is 340 g/mol. The molecule has 0 saturated carbocycles. The molecule has 2 aromatic carbocycles. The van der Waals surface area contributed by atoms with Gasteiger partial charge in [0.1, 0.15) is 0 Å². The Morgan fingerprint density at radius 3 is 1.80 bits per heavy atom. The molecule has 0 bridgehead atoms. The predicted octanol–water partition coefficient (Wildman–Crippen LogP) is 4.53. The summed E-state index contributed by atoms with van der Waals surface area (Å²) in [6, 6.07) is 7.65. The van der Waals surface area contributed by atoms with Crippen molar-refractivity contribution in [2.75, 3.05) is 21.3 Å². The molecule has 0 atom stereocenters. The molecule has 0 unspecified atom stereocenters. The molecule has 4 heteroatoms.